The molecule has 1 amide bonds. The Morgan fingerprint density at radius 3 is 2.65 bits per heavy atom. The summed E-state index contributed by atoms with van der Waals surface area (Å²) in [4.78, 5) is 12.1. The fraction of sp³-hybridized carbons (Fsp3) is 0.714. The Balaban J connectivity index is 2.66. The topological polar surface area (TPSA) is 83.6 Å². The van der Waals surface area contributed by atoms with Crippen LogP contribution in [0.3, 0.4) is 0 Å². The summed E-state index contributed by atoms with van der Waals surface area (Å²) in [5, 5.41) is 19.4. The van der Waals surface area contributed by atoms with Gasteiger partial charge >= 0.3 is 0 Å². The van der Waals surface area contributed by atoms with Crippen LogP contribution in [0.5, 0.6) is 0 Å². The molecule has 0 atom stereocenters. The van der Waals surface area contributed by atoms with Crippen LogP contribution >= 0.6 is 0 Å². The van der Waals surface area contributed by atoms with Crippen molar-refractivity contribution in [3.8, 4) is 6.07 Å². The van der Waals surface area contributed by atoms with Gasteiger partial charge < -0.3 is 5.32 Å². The third-order valence-corrected chi connectivity index (χ3v) is 3.27. The van der Waals surface area contributed by atoms with Crippen molar-refractivity contribution in [1.82, 2.24) is 20.3 Å². The lowest BCUT2D eigenvalue weighted by molar-refractivity contribution is 0.0929. The maximum atomic E-state index is 12.1. The molecular weight excluding hydrogens is 254 g/mol. The van der Waals surface area contributed by atoms with Gasteiger partial charge in [-0.15, -0.1) is 5.10 Å². The molecule has 1 aromatic rings. The smallest absolute Gasteiger partial charge is 0.273 e. The molecule has 1 N–H and O–H groups in total. The first kappa shape index (κ1) is 16.2. The molecule has 1 aromatic heterocycles. The summed E-state index contributed by atoms with van der Waals surface area (Å²) >= 11 is 0. The average Bonchev–Trinajstić information content (AvgIpc) is 2.76. The Labute approximate surface area is 120 Å². The third kappa shape index (κ3) is 4.05. The largest absolute Gasteiger partial charge is 0.350 e. The first-order chi connectivity index (χ1) is 9.28. The van der Waals surface area contributed by atoms with E-state index in [1.54, 1.807) is 4.68 Å². The van der Waals surface area contributed by atoms with Crippen LogP contribution < -0.4 is 5.32 Å². The highest BCUT2D eigenvalue weighted by Gasteiger charge is 2.22. The van der Waals surface area contributed by atoms with E-state index in [0.29, 0.717) is 18.7 Å². The number of hydrogen-bond donors (Lipinski definition) is 1. The zero-order valence-corrected chi connectivity index (χ0v) is 12.9. The predicted octanol–water partition coefficient (Wildman–Crippen LogP) is 2.23. The predicted molar refractivity (Wildman–Crippen MR) is 76.1 cm³/mol. The monoisotopic (exact) mass is 277 g/mol. The molecule has 20 heavy (non-hydrogen) atoms. The summed E-state index contributed by atoms with van der Waals surface area (Å²) in [5.41, 5.74) is 1.04. The molecule has 0 unspecified atom stereocenters. The lowest BCUT2D eigenvalue weighted by atomic mass is 9.88. The maximum absolute atomic E-state index is 12.1. The average molecular weight is 277 g/mol. The molecule has 6 nitrogen and oxygen atoms in total. The Morgan fingerprint density at radius 2 is 2.15 bits per heavy atom. The molecule has 0 aromatic carbocycles. The van der Waals surface area contributed by atoms with Gasteiger partial charge in [-0.05, 0) is 32.6 Å². The molecule has 0 saturated heterocycles. The van der Waals surface area contributed by atoms with E-state index >= 15 is 0 Å². The van der Waals surface area contributed by atoms with Gasteiger partial charge in [0.15, 0.2) is 5.69 Å². The van der Waals surface area contributed by atoms with Crippen molar-refractivity contribution in [2.24, 2.45) is 5.41 Å². The second-order valence-corrected chi connectivity index (χ2v) is 6.07. The molecule has 110 valence electrons. The Bertz CT molecular complexity index is 510. The van der Waals surface area contributed by atoms with Gasteiger partial charge in [0, 0.05) is 19.0 Å². The first-order valence-electron chi connectivity index (χ1n) is 6.85. The number of carbonyl (C=O) groups is 1. The molecule has 0 radical (unpaired) electrons. The van der Waals surface area contributed by atoms with Crippen LogP contribution in [-0.2, 0) is 0 Å². The van der Waals surface area contributed by atoms with Crippen molar-refractivity contribution in [2.45, 2.75) is 53.5 Å². The molecular formula is C14H23N5O. The minimum absolute atomic E-state index is 0.104. The van der Waals surface area contributed by atoms with E-state index in [9.17, 15) is 4.79 Å². The number of nitriles is 1. The molecule has 6 heteroatoms. The highest BCUT2D eigenvalue weighted by molar-refractivity contribution is 5.93. The van der Waals surface area contributed by atoms with Gasteiger partial charge in [0.1, 0.15) is 0 Å². The Hall–Kier alpha value is -1.90. The van der Waals surface area contributed by atoms with Gasteiger partial charge in [0.05, 0.1) is 11.8 Å². The first-order valence-corrected chi connectivity index (χ1v) is 6.85. The summed E-state index contributed by atoms with van der Waals surface area (Å²) in [7, 11) is 0. The Kier molecular flexibility index (Phi) is 5.26. The minimum atomic E-state index is -0.209. The van der Waals surface area contributed by atoms with E-state index in [-0.39, 0.29) is 17.4 Å². The molecule has 1 heterocycles. The van der Waals surface area contributed by atoms with Crippen LogP contribution in [0.15, 0.2) is 0 Å². The van der Waals surface area contributed by atoms with E-state index in [2.05, 4.69) is 21.7 Å². The fourth-order valence-corrected chi connectivity index (χ4v) is 1.93. The molecule has 0 aliphatic heterocycles. The van der Waals surface area contributed by atoms with Crippen molar-refractivity contribution in [3.63, 3.8) is 0 Å². The van der Waals surface area contributed by atoms with E-state index in [1.807, 2.05) is 34.6 Å². The summed E-state index contributed by atoms with van der Waals surface area (Å²) in [6.45, 7) is 10.4. The minimum Gasteiger partial charge on any atom is -0.350 e. The van der Waals surface area contributed by atoms with Crippen LogP contribution in [-0.4, -0.2) is 27.4 Å². The van der Waals surface area contributed by atoms with Crippen molar-refractivity contribution in [2.75, 3.05) is 6.54 Å². The van der Waals surface area contributed by atoms with E-state index in [0.717, 1.165) is 12.1 Å². The lowest BCUT2D eigenvalue weighted by Crippen LogP contribution is -2.34. The van der Waals surface area contributed by atoms with Gasteiger partial charge in [-0.25, -0.2) is 4.68 Å². The zero-order chi connectivity index (χ0) is 15.3. The normalized spacial score (nSPS) is 11.4. The van der Waals surface area contributed by atoms with Crippen LogP contribution in [0, 0.1) is 23.7 Å². The van der Waals surface area contributed by atoms with E-state index in [1.165, 1.54) is 0 Å². The van der Waals surface area contributed by atoms with E-state index < -0.39 is 0 Å². The number of rotatable bonds is 6. The van der Waals surface area contributed by atoms with Crippen molar-refractivity contribution < 1.29 is 4.79 Å². The zero-order valence-electron chi connectivity index (χ0n) is 12.9. The summed E-state index contributed by atoms with van der Waals surface area (Å²) < 4.78 is 1.73. The van der Waals surface area contributed by atoms with Crippen LogP contribution in [0.1, 0.15) is 62.8 Å². The number of nitrogens with one attached hydrogen (secondary N) is 1. The lowest BCUT2D eigenvalue weighted by Gasteiger charge is -2.23. The molecule has 0 aliphatic rings. The number of nitrogens with zero attached hydrogens (tertiary/aromatic N) is 4. The van der Waals surface area contributed by atoms with Gasteiger partial charge in [-0.3, -0.25) is 4.79 Å². The number of aromatic nitrogens is 3. The van der Waals surface area contributed by atoms with Crippen molar-refractivity contribution >= 4 is 5.91 Å². The number of hydrogen-bond acceptors (Lipinski definition) is 4. The molecule has 0 bridgehead atoms. The van der Waals surface area contributed by atoms with Gasteiger partial charge in [-0.1, -0.05) is 19.1 Å². The van der Waals surface area contributed by atoms with Gasteiger partial charge in [0.25, 0.3) is 5.91 Å². The van der Waals surface area contributed by atoms with Gasteiger partial charge in [-0.2, -0.15) is 5.26 Å². The number of carbonyl (C=O) groups excluding carboxylic acids is 1. The highest BCUT2D eigenvalue weighted by atomic mass is 16.2. The quantitative estimate of drug-likeness (QED) is 0.864. The molecule has 0 fully saturated rings. The van der Waals surface area contributed by atoms with Crippen LogP contribution in [0.4, 0.5) is 0 Å². The van der Waals surface area contributed by atoms with Crippen LogP contribution in [0.25, 0.3) is 0 Å². The van der Waals surface area contributed by atoms with Crippen LogP contribution in [0.2, 0.25) is 0 Å². The maximum Gasteiger partial charge on any atom is 0.273 e. The fourth-order valence-electron chi connectivity index (χ4n) is 1.93. The standard InChI is InChI=1S/C14H23N5O/c1-10(2)19-11(3)12(17-18-19)13(20)16-9-14(4,5)7-6-8-15/h10H,6-7,9H2,1-5H3,(H,16,20). The number of amides is 1. The SMILES string of the molecule is Cc1c(C(=O)NCC(C)(C)CCC#N)nnn1C(C)C. The second kappa shape index (κ2) is 6.51. The Morgan fingerprint density at radius 1 is 1.50 bits per heavy atom. The summed E-state index contributed by atoms with van der Waals surface area (Å²) in [6.07, 6.45) is 1.24. The molecule has 1 rings (SSSR count). The third-order valence-electron chi connectivity index (χ3n) is 3.27. The van der Waals surface area contributed by atoms with Gasteiger partial charge in [0.2, 0.25) is 0 Å². The van der Waals surface area contributed by atoms with Crippen molar-refractivity contribution in [1.29, 1.82) is 5.26 Å². The highest BCUT2D eigenvalue weighted by Crippen LogP contribution is 2.21. The molecule has 0 aliphatic carbocycles. The summed E-state index contributed by atoms with van der Waals surface area (Å²) in [5.74, 6) is -0.209. The summed E-state index contributed by atoms with van der Waals surface area (Å²) in [6, 6.07) is 2.31. The van der Waals surface area contributed by atoms with E-state index in [4.69, 9.17) is 5.26 Å². The second-order valence-electron chi connectivity index (χ2n) is 6.07. The molecule has 0 spiro atoms. The molecule has 0 saturated carbocycles. The van der Waals surface area contributed by atoms with Crippen molar-refractivity contribution in [3.05, 3.63) is 11.4 Å².